The van der Waals surface area contributed by atoms with Crippen molar-refractivity contribution < 1.29 is 19.1 Å². The van der Waals surface area contributed by atoms with Crippen LogP contribution in [0.25, 0.3) is 0 Å². The Hall–Kier alpha value is -3.45. The van der Waals surface area contributed by atoms with Gasteiger partial charge in [-0.3, -0.25) is 4.79 Å². The molecule has 0 heterocycles. The monoisotopic (exact) mass is 508 g/mol. The summed E-state index contributed by atoms with van der Waals surface area (Å²) < 4.78 is 11.9. The van der Waals surface area contributed by atoms with Gasteiger partial charge in [-0.1, -0.05) is 48.0 Å². The molecule has 0 saturated carbocycles. The van der Waals surface area contributed by atoms with Crippen LogP contribution in [0.15, 0.2) is 76.3 Å². The van der Waals surface area contributed by atoms with Gasteiger partial charge < -0.3 is 9.47 Å². The normalized spacial score (nSPS) is 10.9. The molecule has 0 aliphatic carbocycles. The van der Waals surface area contributed by atoms with Crippen LogP contribution in [0.2, 0.25) is 0 Å². The lowest BCUT2D eigenvalue weighted by Crippen LogP contribution is -2.25. The van der Waals surface area contributed by atoms with Crippen molar-refractivity contribution in [3.63, 3.8) is 0 Å². The van der Waals surface area contributed by atoms with Crippen molar-refractivity contribution in [2.75, 3.05) is 6.61 Å². The molecule has 1 amide bonds. The highest BCUT2D eigenvalue weighted by molar-refractivity contribution is 9.10. The zero-order valence-corrected chi connectivity index (χ0v) is 20.3. The van der Waals surface area contributed by atoms with E-state index in [1.807, 2.05) is 31.2 Å². The first-order chi connectivity index (χ1) is 15.8. The lowest BCUT2D eigenvalue weighted by atomic mass is 10.0. The molecule has 6 nitrogen and oxygen atoms in total. The Morgan fingerprint density at radius 3 is 2.52 bits per heavy atom. The molecule has 0 aliphatic rings. The van der Waals surface area contributed by atoms with E-state index >= 15 is 0 Å². The highest BCUT2D eigenvalue weighted by atomic mass is 79.9. The zero-order chi connectivity index (χ0) is 23.8. The number of hydrazone groups is 1. The fourth-order valence-electron chi connectivity index (χ4n) is 3.00. The van der Waals surface area contributed by atoms with E-state index in [4.69, 9.17) is 9.47 Å². The molecule has 0 fully saturated rings. The Labute approximate surface area is 201 Å². The van der Waals surface area contributed by atoms with Crippen LogP contribution in [-0.2, 0) is 4.79 Å². The second kappa shape index (κ2) is 11.4. The Morgan fingerprint density at radius 1 is 1.06 bits per heavy atom. The number of nitrogens with zero attached hydrogens (tertiary/aromatic N) is 1. The Balaban J connectivity index is 1.50. The van der Waals surface area contributed by atoms with Crippen LogP contribution in [0.5, 0.6) is 11.5 Å². The van der Waals surface area contributed by atoms with Gasteiger partial charge in [0.25, 0.3) is 5.91 Å². The molecule has 0 saturated heterocycles. The zero-order valence-electron chi connectivity index (χ0n) is 18.7. The van der Waals surface area contributed by atoms with Gasteiger partial charge in [-0.2, -0.15) is 5.10 Å². The average molecular weight is 509 g/mol. The topological polar surface area (TPSA) is 77.0 Å². The average Bonchev–Trinajstić information content (AvgIpc) is 2.78. The summed E-state index contributed by atoms with van der Waals surface area (Å²) in [7, 11) is 0. The lowest BCUT2D eigenvalue weighted by molar-refractivity contribution is -0.123. The van der Waals surface area contributed by atoms with Crippen molar-refractivity contribution in [2.24, 2.45) is 5.10 Å². The summed E-state index contributed by atoms with van der Waals surface area (Å²) in [5.41, 5.74) is 5.76. The maximum Gasteiger partial charge on any atom is 0.343 e. The predicted molar refractivity (Wildman–Crippen MR) is 132 cm³/mol. The van der Waals surface area contributed by atoms with Gasteiger partial charge in [-0.05, 0) is 78.1 Å². The SMILES string of the molecule is Cc1ccc(C(C)C)c(OCC(=O)N/N=C/c2ccc(OC(=O)c3cccc(Br)c3)cc2)c1. The van der Waals surface area contributed by atoms with E-state index in [0.717, 1.165) is 21.2 Å². The second-order valence-corrected chi connectivity index (χ2v) is 8.66. The van der Waals surface area contributed by atoms with Crippen molar-refractivity contribution in [3.8, 4) is 11.5 Å². The number of benzene rings is 3. The number of hydrogen-bond donors (Lipinski definition) is 1. The fourth-order valence-corrected chi connectivity index (χ4v) is 3.40. The molecule has 33 heavy (non-hydrogen) atoms. The quantitative estimate of drug-likeness (QED) is 0.185. The van der Waals surface area contributed by atoms with E-state index in [2.05, 4.69) is 40.3 Å². The van der Waals surface area contributed by atoms with Gasteiger partial charge in [-0.15, -0.1) is 0 Å². The van der Waals surface area contributed by atoms with Crippen molar-refractivity contribution in [2.45, 2.75) is 26.7 Å². The Kier molecular flexibility index (Phi) is 8.38. The summed E-state index contributed by atoms with van der Waals surface area (Å²) >= 11 is 3.33. The van der Waals surface area contributed by atoms with Gasteiger partial charge in [0.05, 0.1) is 11.8 Å². The summed E-state index contributed by atoms with van der Waals surface area (Å²) in [5, 5.41) is 3.96. The van der Waals surface area contributed by atoms with E-state index in [1.54, 1.807) is 42.5 Å². The summed E-state index contributed by atoms with van der Waals surface area (Å²) in [6, 6.07) is 19.7. The third-order valence-electron chi connectivity index (χ3n) is 4.70. The molecule has 0 aliphatic heterocycles. The van der Waals surface area contributed by atoms with Crippen LogP contribution in [0.3, 0.4) is 0 Å². The summed E-state index contributed by atoms with van der Waals surface area (Å²) in [6.07, 6.45) is 1.50. The third-order valence-corrected chi connectivity index (χ3v) is 5.20. The molecule has 3 aromatic carbocycles. The second-order valence-electron chi connectivity index (χ2n) is 7.75. The minimum atomic E-state index is -0.445. The summed E-state index contributed by atoms with van der Waals surface area (Å²) in [4.78, 5) is 24.3. The van der Waals surface area contributed by atoms with Gasteiger partial charge in [0.15, 0.2) is 6.61 Å². The van der Waals surface area contributed by atoms with E-state index < -0.39 is 5.97 Å². The number of halogens is 1. The molecule has 3 rings (SSSR count). The minimum Gasteiger partial charge on any atom is -0.483 e. The molecule has 7 heteroatoms. The Bertz CT molecular complexity index is 1160. The molecule has 170 valence electrons. The predicted octanol–water partition coefficient (Wildman–Crippen LogP) is 5.63. The van der Waals surface area contributed by atoms with Crippen LogP contribution >= 0.6 is 15.9 Å². The van der Waals surface area contributed by atoms with Crippen molar-refractivity contribution in [1.29, 1.82) is 0 Å². The first-order valence-electron chi connectivity index (χ1n) is 10.4. The van der Waals surface area contributed by atoms with E-state index in [-0.39, 0.29) is 12.5 Å². The highest BCUT2D eigenvalue weighted by Gasteiger charge is 2.10. The molecule has 0 bridgehead atoms. The van der Waals surface area contributed by atoms with Crippen molar-refractivity contribution in [3.05, 3.63) is 93.5 Å². The first kappa shape index (κ1) is 24.2. The van der Waals surface area contributed by atoms with E-state index in [0.29, 0.717) is 23.0 Å². The van der Waals surface area contributed by atoms with Crippen LogP contribution in [-0.4, -0.2) is 24.7 Å². The fraction of sp³-hybridized carbons (Fsp3) is 0.192. The number of rotatable bonds is 8. The third kappa shape index (κ3) is 7.29. The molecule has 0 radical (unpaired) electrons. The number of carbonyl (C=O) groups is 2. The van der Waals surface area contributed by atoms with Crippen LogP contribution < -0.4 is 14.9 Å². The number of aryl methyl sites for hydroxylation is 1. The smallest absolute Gasteiger partial charge is 0.343 e. The van der Waals surface area contributed by atoms with Crippen LogP contribution in [0, 0.1) is 6.92 Å². The maximum absolute atomic E-state index is 12.2. The van der Waals surface area contributed by atoms with Crippen molar-refractivity contribution >= 4 is 34.0 Å². The molecule has 0 unspecified atom stereocenters. The number of esters is 1. The summed E-state index contributed by atoms with van der Waals surface area (Å²) in [5.74, 6) is 0.602. The number of hydrogen-bond acceptors (Lipinski definition) is 5. The molecule has 1 N–H and O–H groups in total. The maximum atomic E-state index is 12.2. The number of ether oxygens (including phenoxy) is 2. The lowest BCUT2D eigenvalue weighted by Gasteiger charge is -2.14. The standard InChI is InChI=1S/C26H25BrN2O4/c1-17(2)23-12-7-18(3)13-24(23)32-16-25(30)29-28-15-19-8-10-22(11-9-19)33-26(31)20-5-4-6-21(27)14-20/h4-15,17H,16H2,1-3H3,(H,29,30)/b28-15+. The minimum absolute atomic E-state index is 0.134. The highest BCUT2D eigenvalue weighted by Crippen LogP contribution is 2.27. The molecular formula is C26H25BrN2O4. The van der Waals surface area contributed by atoms with Gasteiger partial charge in [0.1, 0.15) is 11.5 Å². The summed E-state index contributed by atoms with van der Waals surface area (Å²) in [6.45, 7) is 6.00. The van der Waals surface area contributed by atoms with E-state index in [1.165, 1.54) is 6.21 Å². The number of carbonyl (C=O) groups excluding carboxylic acids is 2. The Morgan fingerprint density at radius 2 is 1.82 bits per heavy atom. The molecule has 0 aromatic heterocycles. The van der Waals surface area contributed by atoms with E-state index in [9.17, 15) is 9.59 Å². The van der Waals surface area contributed by atoms with Gasteiger partial charge in [-0.25, -0.2) is 10.2 Å². The van der Waals surface area contributed by atoms with Gasteiger partial charge >= 0.3 is 5.97 Å². The van der Waals surface area contributed by atoms with Gasteiger partial charge in [0.2, 0.25) is 0 Å². The molecule has 0 atom stereocenters. The van der Waals surface area contributed by atoms with Crippen molar-refractivity contribution in [1.82, 2.24) is 5.43 Å². The molecule has 0 spiro atoms. The van der Waals surface area contributed by atoms with Crippen LogP contribution in [0.1, 0.15) is 46.8 Å². The first-order valence-corrected chi connectivity index (χ1v) is 11.2. The molecular weight excluding hydrogens is 484 g/mol. The van der Waals surface area contributed by atoms with Crippen LogP contribution in [0.4, 0.5) is 0 Å². The largest absolute Gasteiger partial charge is 0.483 e. The van der Waals surface area contributed by atoms with Gasteiger partial charge in [0, 0.05) is 4.47 Å². The molecule has 3 aromatic rings. The number of nitrogens with one attached hydrogen (secondary N) is 1. The number of amides is 1.